The van der Waals surface area contributed by atoms with Crippen LogP contribution in [0.15, 0.2) is 53.9 Å². The van der Waals surface area contributed by atoms with E-state index in [0.717, 1.165) is 16.3 Å². The molecule has 0 aliphatic carbocycles. The zero-order valence-corrected chi connectivity index (χ0v) is 16.9. The van der Waals surface area contributed by atoms with Gasteiger partial charge in [0, 0.05) is 23.7 Å². The van der Waals surface area contributed by atoms with Crippen LogP contribution in [0.4, 0.5) is 0 Å². The van der Waals surface area contributed by atoms with E-state index in [4.69, 9.17) is 0 Å². The molecular weight excluding hydrogens is 386 g/mol. The van der Waals surface area contributed by atoms with E-state index in [1.807, 2.05) is 12.3 Å². The van der Waals surface area contributed by atoms with Gasteiger partial charge in [-0.1, -0.05) is 24.3 Å². The predicted molar refractivity (Wildman–Crippen MR) is 110 cm³/mol. The van der Waals surface area contributed by atoms with Gasteiger partial charge in [0.05, 0.1) is 24.2 Å². The molecule has 146 valence electrons. The zero-order valence-electron chi connectivity index (χ0n) is 16.1. The van der Waals surface area contributed by atoms with E-state index in [1.54, 1.807) is 60.5 Å². The molecule has 0 saturated heterocycles. The fourth-order valence-corrected chi connectivity index (χ4v) is 4.11. The predicted octanol–water partition coefficient (Wildman–Crippen LogP) is 3.52. The number of rotatable bonds is 5. The Balaban J connectivity index is 1.44. The van der Waals surface area contributed by atoms with E-state index >= 15 is 0 Å². The lowest BCUT2D eigenvalue weighted by molar-refractivity contribution is 0.0641. The summed E-state index contributed by atoms with van der Waals surface area (Å²) < 4.78 is 0. The van der Waals surface area contributed by atoms with E-state index < -0.39 is 0 Å². The van der Waals surface area contributed by atoms with Crippen LogP contribution in [0.5, 0.6) is 0 Å². The molecule has 2 aromatic carbocycles. The van der Waals surface area contributed by atoms with Crippen LogP contribution in [0.3, 0.4) is 0 Å². The van der Waals surface area contributed by atoms with Crippen molar-refractivity contribution in [2.45, 2.75) is 20.0 Å². The number of imide groups is 1. The summed E-state index contributed by atoms with van der Waals surface area (Å²) in [5, 5.41) is 2.85. The molecule has 0 radical (unpaired) electrons. The Morgan fingerprint density at radius 1 is 1.03 bits per heavy atom. The number of hydrogen-bond donors (Lipinski definition) is 0. The van der Waals surface area contributed by atoms with Gasteiger partial charge >= 0.3 is 0 Å². The van der Waals surface area contributed by atoms with Crippen molar-refractivity contribution in [1.29, 1.82) is 0 Å². The molecule has 0 N–H and O–H groups in total. The molecule has 3 amide bonds. The average molecular weight is 405 g/mol. The van der Waals surface area contributed by atoms with Gasteiger partial charge in [0.1, 0.15) is 5.01 Å². The fourth-order valence-electron chi connectivity index (χ4n) is 3.29. The summed E-state index contributed by atoms with van der Waals surface area (Å²) in [4.78, 5) is 44.9. The molecule has 4 rings (SSSR count). The summed E-state index contributed by atoms with van der Waals surface area (Å²) in [5.74, 6) is -0.682. The number of nitrogens with zero attached hydrogens (tertiary/aromatic N) is 3. The zero-order chi connectivity index (χ0) is 20.5. The highest BCUT2D eigenvalue weighted by molar-refractivity contribution is 7.09. The molecule has 0 bridgehead atoms. The second-order valence-corrected chi connectivity index (χ2v) is 7.93. The van der Waals surface area contributed by atoms with Crippen molar-refractivity contribution in [3.05, 3.63) is 86.9 Å². The third-order valence-corrected chi connectivity index (χ3v) is 5.76. The molecule has 0 atom stereocenters. The third kappa shape index (κ3) is 3.69. The Bertz CT molecular complexity index is 1070. The third-order valence-electron chi connectivity index (χ3n) is 4.81. The van der Waals surface area contributed by atoms with E-state index in [9.17, 15) is 14.4 Å². The summed E-state index contributed by atoms with van der Waals surface area (Å²) in [6.45, 7) is 2.55. The standard InChI is InChI=1S/C22H19N3O3S/c1-14-13-29-19(23-14)12-24(2)20(26)16-9-7-15(8-10-16)11-25-21(27)17-5-3-4-6-18(17)22(25)28/h3-10,13H,11-12H2,1-2H3. The number of aromatic nitrogens is 1. The molecule has 3 aromatic rings. The number of carbonyl (C=O) groups is 3. The molecule has 2 heterocycles. The second-order valence-electron chi connectivity index (χ2n) is 6.98. The molecule has 1 aromatic heterocycles. The van der Waals surface area contributed by atoms with Gasteiger partial charge in [-0.25, -0.2) is 4.98 Å². The lowest BCUT2D eigenvalue weighted by atomic mass is 10.1. The first kappa shape index (κ1) is 19.0. The average Bonchev–Trinajstić information content (AvgIpc) is 3.24. The Morgan fingerprint density at radius 2 is 1.66 bits per heavy atom. The topological polar surface area (TPSA) is 70.6 Å². The Labute approximate surface area is 172 Å². The van der Waals surface area contributed by atoms with Crippen LogP contribution in [0.2, 0.25) is 0 Å². The number of thiazole rings is 1. The van der Waals surface area contributed by atoms with Crippen molar-refractivity contribution in [3.63, 3.8) is 0 Å². The fraction of sp³-hybridized carbons (Fsp3) is 0.182. The molecular formula is C22H19N3O3S. The summed E-state index contributed by atoms with van der Waals surface area (Å²) in [7, 11) is 1.74. The first-order chi connectivity index (χ1) is 13.9. The molecule has 0 spiro atoms. The van der Waals surface area contributed by atoms with Crippen molar-refractivity contribution in [3.8, 4) is 0 Å². The minimum absolute atomic E-state index is 0.106. The Morgan fingerprint density at radius 3 is 2.21 bits per heavy atom. The lowest BCUT2D eigenvalue weighted by Crippen LogP contribution is -2.29. The van der Waals surface area contributed by atoms with Crippen molar-refractivity contribution in [2.24, 2.45) is 0 Å². The second kappa shape index (κ2) is 7.60. The first-order valence-electron chi connectivity index (χ1n) is 9.14. The molecule has 1 aliphatic heterocycles. The highest BCUT2D eigenvalue weighted by Gasteiger charge is 2.34. The van der Waals surface area contributed by atoms with Gasteiger partial charge in [-0.3, -0.25) is 19.3 Å². The van der Waals surface area contributed by atoms with Crippen LogP contribution in [0, 0.1) is 6.92 Å². The molecule has 0 fully saturated rings. The van der Waals surface area contributed by atoms with Gasteiger partial charge in [-0.05, 0) is 36.8 Å². The van der Waals surface area contributed by atoms with Crippen LogP contribution >= 0.6 is 11.3 Å². The molecule has 6 nitrogen and oxygen atoms in total. The number of benzene rings is 2. The summed E-state index contributed by atoms with van der Waals surface area (Å²) in [6.07, 6.45) is 0. The molecule has 29 heavy (non-hydrogen) atoms. The van der Waals surface area contributed by atoms with Gasteiger partial charge in [0.25, 0.3) is 17.7 Å². The monoisotopic (exact) mass is 405 g/mol. The Hall–Kier alpha value is -3.32. The largest absolute Gasteiger partial charge is 0.335 e. The van der Waals surface area contributed by atoms with Crippen LogP contribution in [0.1, 0.15) is 47.3 Å². The van der Waals surface area contributed by atoms with Gasteiger partial charge in [0.15, 0.2) is 0 Å². The molecule has 7 heteroatoms. The maximum absolute atomic E-state index is 12.6. The van der Waals surface area contributed by atoms with Crippen molar-refractivity contribution in [1.82, 2.24) is 14.8 Å². The van der Waals surface area contributed by atoms with Crippen molar-refractivity contribution >= 4 is 29.1 Å². The SMILES string of the molecule is Cc1csc(CN(C)C(=O)c2ccc(CN3C(=O)c4ccccc4C3=O)cc2)n1. The van der Waals surface area contributed by atoms with Gasteiger partial charge < -0.3 is 4.90 Å². The van der Waals surface area contributed by atoms with Crippen LogP contribution < -0.4 is 0 Å². The maximum atomic E-state index is 12.6. The number of aryl methyl sites for hydroxylation is 1. The van der Waals surface area contributed by atoms with Crippen molar-refractivity contribution in [2.75, 3.05) is 7.05 Å². The quantitative estimate of drug-likeness (QED) is 0.609. The van der Waals surface area contributed by atoms with Crippen molar-refractivity contribution < 1.29 is 14.4 Å². The van der Waals surface area contributed by atoms with Gasteiger partial charge in [-0.2, -0.15) is 0 Å². The van der Waals surface area contributed by atoms with E-state index in [-0.39, 0.29) is 24.3 Å². The Kier molecular flexibility index (Phi) is 4.98. The number of carbonyl (C=O) groups excluding carboxylic acids is 3. The minimum atomic E-state index is -0.288. The summed E-state index contributed by atoms with van der Waals surface area (Å²) in [6, 6.07) is 13.8. The van der Waals surface area contributed by atoms with Gasteiger partial charge in [0.2, 0.25) is 0 Å². The highest BCUT2D eigenvalue weighted by Crippen LogP contribution is 2.24. The number of fused-ring (bicyclic) bond motifs is 1. The minimum Gasteiger partial charge on any atom is -0.335 e. The van der Waals surface area contributed by atoms with Crippen LogP contribution in [-0.4, -0.2) is 39.6 Å². The van der Waals surface area contributed by atoms with E-state index in [2.05, 4.69) is 4.98 Å². The highest BCUT2D eigenvalue weighted by atomic mass is 32.1. The normalized spacial score (nSPS) is 13.0. The molecule has 0 unspecified atom stereocenters. The van der Waals surface area contributed by atoms with Gasteiger partial charge in [-0.15, -0.1) is 11.3 Å². The number of amides is 3. The van der Waals surface area contributed by atoms with Crippen LogP contribution in [-0.2, 0) is 13.1 Å². The smallest absolute Gasteiger partial charge is 0.261 e. The van der Waals surface area contributed by atoms with Crippen LogP contribution in [0.25, 0.3) is 0 Å². The number of hydrogen-bond acceptors (Lipinski definition) is 5. The van der Waals surface area contributed by atoms with E-state index in [0.29, 0.717) is 23.2 Å². The lowest BCUT2D eigenvalue weighted by Gasteiger charge is -2.17. The molecule has 0 saturated carbocycles. The van der Waals surface area contributed by atoms with E-state index in [1.165, 1.54) is 16.2 Å². The summed E-state index contributed by atoms with van der Waals surface area (Å²) in [5.41, 5.74) is 3.15. The molecule has 1 aliphatic rings. The first-order valence-corrected chi connectivity index (χ1v) is 10.0. The summed E-state index contributed by atoms with van der Waals surface area (Å²) >= 11 is 1.53. The maximum Gasteiger partial charge on any atom is 0.261 e.